The summed E-state index contributed by atoms with van der Waals surface area (Å²) in [7, 11) is -3.44. The molecule has 0 atom stereocenters. The maximum atomic E-state index is 12.5. The molecular formula is C17H27N5O5S. The van der Waals surface area contributed by atoms with Crippen molar-refractivity contribution in [3.8, 4) is 0 Å². The smallest absolute Gasteiger partial charge is 0.407 e. The average Bonchev–Trinajstić information content (AvgIpc) is 2.69. The molecule has 1 aliphatic heterocycles. The molecule has 1 aliphatic rings. The summed E-state index contributed by atoms with van der Waals surface area (Å²) in [5.74, 6) is 0.350. The molecule has 156 valence electrons. The highest BCUT2D eigenvalue weighted by Crippen LogP contribution is 2.14. The van der Waals surface area contributed by atoms with E-state index < -0.39 is 16.1 Å². The van der Waals surface area contributed by atoms with Crippen LogP contribution in [0.2, 0.25) is 0 Å². The molecule has 0 unspecified atom stereocenters. The van der Waals surface area contributed by atoms with Crippen LogP contribution < -0.4 is 15.5 Å². The summed E-state index contributed by atoms with van der Waals surface area (Å²) in [4.78, 5) is 29.1. The fourth-order valence-corrected chi connectivity index (χ4v) is 4.07. The molecule has 1 aromatic rings. The topological polar surface area (TPSA) is 121 Å². The third-order valence-corrected chi connectivity index (χ3v) is 6.06. The van der Waals surface area contributed by atoms with Gasteiger partial charge >= 0.3 is 6.09 Å². The van der Waals surface area contributed by atoms with E-state index >= 15 is 0 Å². The SMILES string of the molecule is CCOC(=O)NCCC(=O)NCCS(=O)(=O)N1CCN(c2ccccn2)CC1. The van der Waals surface area contributed by atoms with Gasteiger partial charge in [0, 0.05) is 51.9 Å². The molecule has 10 nitrogen and oxygen atoms in total. The van der Waals surface area contributed by atoms with Crippen molar-refractivity contribution in [3.05, 3.63) is 24.4 Å². The van der Waals surface area contributed by atoms with Crippen molar-refractivity contribution in [3.63, 3.8) is 0 Å². The molecule has 2 heterocycles. The number of carbonyl (C=O) groups is 2. The summed E-state index contributed by atoms with van der Waals surface area (Å²) in [6.07, 6.45) is 1.19. The lowest BCUT2D eigenvalue weighted by atomic mass is 10.3. The van der Waals surface area contributed by atoms with Gasteiger partial charge in [0.15, 0.2) is 0 Å². The molecule has 2 N–H and O–H groups in total. The number of ether oxygens (including phenoxy) is 1. The zero-order valence-electron chi connectivity index (χ0n) is 16.0. The van der Waals surface area contributed by atoms with Crippen molar-refractivity contribution in [2.75, 3.05) is 56.5 Å². The molecule has 1 aromatic heterocycles. The second-order valence-electron chi connectivity index (χ2n) is 6.14. The van der Waals surface area contributed by atoms with E-state index in [-0.39, 0.29) is 37.8 Å². The Morgan fingerprint density at radius 1 is 1.14 bits per heavy atom. The number of nitrogens with zero attached hydrogens (tertiary/aromatic N) is 3. The van der Waals surface area contributed by atoms with Gasteiger partial charge < -0.3 is 20.3 Å². The largest absolute Gasteiger partial charge is 0.450 e. The van der Waals surface area contributed by atoms with Gasteiger partial charge in [0.2, 0.25) is 15.9 Å². The van der Waals surface area contributed by atoms with Gasteiger partial charge in [-0.1, -0.05) is 6.07 Å². The Hall–Kier alpha value is -2.40. The Morgan fingerprint density at radius 2 is 1.89 bits per heavy atom. The summed E-state index contributed by atoms with van der Waals surface area (Å²) < 4.78 is 31.0. The van der Waals surface area contributed by atoms with Crippen LogP contribution in [0.1, 0.15) is 13.3 Å². The fourth-order valence-electron chi connectivity index (χ4n) is 2.73. The van der Waals surface area contributed by atoms with Gasteiger partial charge in [-0.25, -0.2) is 18.2 Å². The maximum absolute atomic E-state index is 12.5. The van der Waals surface area contributed by atoms with Crippen molar-refractivity contribution >= 4 is 27.8 Å². The minimum absolute atomic E-state index is 0.0288. The third-order valence-electron chi connectivity index (χ3n) is 4.18. The van der Waals surface area contributed by atoms with Crippen LogP contribution in [0.25, 0.3) is 0 Å². The van der Waals surface area contributed by atoms with E-state index in [1.807, 2.05) is 23.1 Å². The number of amides is 2. The first-order chi connectivity index (χ1) is 13.4. The van der Waals surface area contributed by atoms with E-state index in [1.165, 1.54) is 4.31 Å². The van der Waals surface area contributed by atoms with Crippen molar-refractivity contribution in [1.29, 1.82) is 0 Å². The number of anilines is 1. The molecule has 1 saturated heterocycles. The van der Waals surface area contributed by atoms with Crippen LogP contribution in [-0.4, -0.2) is 81.3 Å². The van der Waals surface area contributed by atoms with Gasteiger partial charge in [-0.3, -0.25) is 4.79 Å². The molecule has 0 aromatic carbocycles. The number of hydrogen-bond acceptors (Lipinski definition) is 7. The van der Waals surface area contributed by atoms with Crippen LogP contribution in [0.15, 0.2) is 24.4 Å². The highest BCUT2D eigenvalue weighted by atomic mass is 32.2. The molecule has 28 heavy (non-hydrogen) atoms. The number of hydrogen-bond donors (Lipinski definition) is 2. The van der Waals surface area contributed by atoms with Crippen molar-refractivity contribution in [1.82, 2.24) is 19.9 Å². The van der Waals surface area contributed by atoms with Gasteiger partial charge in [-0.05, 0) is 19.1 Å². The van der Waals surface area contributed by atoms with Crippen molar-refractivity contribution < 1.29 is 22.7 Å². The Morgan fingerprint density at radius 3 is 2.54 bits per heavy atom. The van der Waals surface area contributed by atoms with E-state index in [2.05, 4.69) is 20.4 Å². The molecule has 0 aliphatic carbocycles. The van der Waals surface area contributed by atoms with Gasteiger partial charge in [-0.15, -0.1) is 0 Å². The summed E-state index contributed by atoms with van der Waals surface area (Å²) in [5.41, 5.74) is 0. The Labute approximate surface area is 165 Å². The normalized spacial score (nSPS) is 15.1. The van der Waals surface area contributed by atoms with Crippen LogP contribution in [0.5, 0.6) is 0 Å². The number of rotatable bonds is 9. The molecule has 0 saturated carbocycles. The van der Waals surface area contributed by atoms with Crippen LogP contribution in [-0.2, 0) is 19.6 Å². The minimum atomic E-state index is -3.44. The predicted molar refractivity (Wildman–Crippen MR) is 104 cm³/mol. The van der Waals surface area contributed by atoms with Crippen LogP contribution in [0.4, 0.5) is 10.6 Å². The second kappa shape index (κ2) is 10.8. The second-order valence-corrected chi connectivity index (χ2v) is 8.23. The van der Waals surface area contributed by atoms with E-state index in [4.69, 9.17) is 0 Å². The fraction of sp³-hybridized carbons (Fsp3) is 0.588. The number of piperazine rings is 1. The molecule has 0 bridgehead atoms. The standard InChI is InChI=1S/C17H27N5O5S/c1-2-27-17(24)20-8-6-16(23)19-9-14-28(25,26)22-12-10-21(11-13-22)15-5-3-4-7-18-15/h3-5,7H,2,6,8-14H2,1H3,(H,19,23)(H,20,24). The van der Waals surface area contributed by atoms with E-state index in [0.717, 1.165) is 5.82 Å². The summed E-state index contributed by atoms with van der Waals surface area (Å²) in [5, 5.41) is 4.99. The molecule has 2 rings (SSSR count). The maximum Gasteiger partial charge on any atom is 0.407 e. The van der Waals surface area contributed by atoms with Gasteiger partial charge in [-0.2, -0.15) is 4.31 Å². The number of nitrogens with one attached hydrogen (secondary N) is 2. The Balaban J connectivity index is 1.67. The highest BCUT2D eigenvalue weighted by Gasteiger charge is 2.27. The lowest BCUT2D eigenvalue weighted by Crippen LogP contribution is -2.50. The lowest BCUT2D eigenvalue weighted by Gasteiger charge is -2.34. The Kier molecular flexibility index (Phi) is 8.45. The average molecular weight is 414 g/mol. The molecular weight excluding hydrogens is 386 g/mol. The molecule has 0 spiro atoms. The van der Waals surface area contributed by atoms with Gasteiger partial charge in [0.25, 0.3) is 0 Å². The van der Waals surface area contributed by atoms with Crippen molar-refractivity contribution in [2.24, 2.45) is 0 Å². The third kappa shape index (κ3) is 6.97. The van der Waals surface area contributed by atoms with Gasteiger partial charge in [0.1, 0.15) is 5.82 Å². The minimum Gasteiger partial charge on any atom is -0.450 e. The molecule has 2 amide bonds. The monoisotopic (exact) mass is 413 g/mol. The first-order valence-corrected chi connectivity index (χ1v) is 10.8. The number of pyridine rings is 1. The first-order valence-electron chi connectivity index (χ1n) is 9.23. The lowest BCUT2D eigenvalue weighted by molar-refractivity contribution is -0.120. The van der Waals surface area contributed by atoms with Crippen LogP contribution in [0, 0.1) is 0 Å². The molecule has 1 fully saturated rings. The van der Waals surface area contributed by atoms with E-state index in [1.54, 1.807) is 13.1 Å². The van der Waals surface area contributed by atoms with Crippen LogP contribution >= 0.6 is 0 Å². The summed E-state index contributed by atoms with van der Waals surface area (Å²) >= 11 is 0. The molecule has 11 heteroatoms. The van der Waals surface area contributed by atoms with E-state index in [9.17, 15) is 18.0 Å². The molecule has 0 radical (unpaired) electrons. The first kappa shape index (κ1) is 21.9. The summed E-state index contributed by atoms with van der Waals surface area (Å²) in [6, 6.07) is 5.64. The quantitative estimate of drug-likeness (QED) is 0.574. The van der Waals surface area contributed by atoms with Crippen molar-refractivity contribution in [2.45, 2.75) is 13.3 Å². The van der Waals surface area contributed by atoms with E-state index in [0.29, 0.717) is 26.2 Å². The van der Waals surface area contributed by atoms with Gasteiger partial charge in [0.05, 0.1) is 12.4 Å². The zero-order valence-corrected chi connectivity index (χ0v) is 16.8. The number of carbonyl (C=O) groups excluding carboxylic acids is 2. The number of aromatic nitrogens is 1. The summed E-state index contributed by atoms with van der Waals surface area (Å²) in [6.45, 7) is 4.02. The Bertz CT molecular complexity index is 736. The number of sulfonamides is 1. The predicted octanol–water partition coefficient (Wildman–Crippen LogP) is -0.214. The zero-order chi connectivity index (χ0) is 20.4. The van der Waals surface area contributed by atoms with Crippen LogP contribution in [0.3, 0.4) is 0 Å². The highest BCUT2D eigenvalue weighted by molar-refractivity contribution is 7.89. The number of alkyl carbamates (subject to hydrolysis) is 1.